The summed E-state index contributed by atoms with van der Waals surface area (Å²) in [6.45, 7) is 8.85. The number of hydrogen-bond acceptors (Lipinski definition) is 1. The van der Waals surface area contributed by atoms with Crippen LogP contribution in [0.4, 0.5) is 0 Å². The molecule has 0 amide bonds. The van der Waals surface area contributed by atoms with Gasteiger partial charge >= 0.3 is 0 Å². The Morgan fingerprint density at radius 1 is 0.706 bits per heavy atom. The van der Waals surface area contributed by atoms with Crippen LogP contribution in [0.3, 0.4) is 0 Å². The lowest BCUT2D eigenvalue weighted by Crippen LogP contribution is -1.97. The van der Waals surface area contributed by atoms with Crippen molar-refractivity contribution in [3.8, 4) is 33.6 Å². The van der Waals surface area contributed by atoms with Crippen molar-refractivity contribution < 1.29 is 0 Å². The van der Waals surface area contributed by atoms with Gasteiger partial charge in [0.05, 0.1) is 11.4 Å². The minimum atomic E-state index is 0.474. The molecule has 0 unspecified atom stereocenters. The van der Waals surface area contributed by atoms with Crippen molar-refractivity contribution in [2.75, 3.05) is 0 Å². The Hall–Kier alpha value is -3.71. The number of nitrogens with zero attached hydrogens (tertiary/aromatic N) is 1. The van der Waals surface area contributed by atoms with E-state index in [1.54, 1.807) is 0 Å². The number of rotatable bonds is 3. The molecule has 0 N–H and O–H groups in total. The summed E-state index contributed by atoms with van der Waals surface area (Å²) in [5, 5.41) is 2.49. The fourth-order valence-corrected chi connectivity index (χ4v) is 5.29. The number of aryl methyl sites for hydroxylation is 2. The Morgan fingerprint density at radius 3 is 2.26 bits per heavy atom. The summed E-state index contributed by atoms with van der Waals surface area (Å²) in [5.41, 5.74) is 14.0. The molecule has 1 heterocycles. The van der Waals surface area contributed by atoms with E-state index in [0.29, 0.717) is 5.92 Å². The van der Waals surface area contributed by atoms with Gasteiger partial charge in [0.2, 0.25) is 0 Å². The van der Waals surface area contributed by atoms with Crippen LogP contribution in [0.25, 0.3) is 44.4 Å². The quantitative estimate of drug-likeness (QED) is 0.268. The Labute approximate surface area is 202 Å². The van der Waals surface area contributed by atoms with Crippen LogP contribution in [0, 0.1) is 13.8 Å². The third kappa shape index (κ3) is 3.44. The summed E-state index contributed by atoms with van der Waals surface area (Å²) in [6.07, 6.45) is 0.961. The van der Waals surface area contributed by atoms with Crippen LogP contribution in [0.5, 0.6) is 0 Å². The molecule has 5 aromatic rings. The van der Waals surface area contributed by atoms with Gasteiger partial charge in [0.25, 0.3) is 0 Å². The average molecular weight is 440 g/mol. The molecule has 34 heavy (non-hydrogen) atoms. The summed E-state index contributed by atoms with van der Waals surface area (Å²) in [4.78, 5) is 5.35. The average Bonchev–Trinajstić information content (AvgIpc) is 3.21. The van der Waals surface area contributed by atoms with E-state index in [0.717, 1.165) is 23.4 Å². The van der Waals surface area contributed by atoms with Crippen molar-refractivity contribution in [3.63, 3.8) is 0 Å². The van der Waals surface area contributed by atoms with Crippen molar-refractivity contribution in [3.05, 3.63) is 113 Å². The molecule has 1 aromatic heterocycles. The predicted molar refractivity (Wildman–Crippen MR) is 144 cm³/mol. The fourth-order valence-electron chi connectivity index (χ4n) is 5.29. The molecule has 6 rings (SSSR count). The smallest absolute Gasteiger partial charge is 0.0791 e. The molecule has 1 heteroatoms. The number of hydrogen-bond donors (Lipinski definition) is 0. The SMILES string of the molecule is Cc1ccc(-c2cc3ccc(C(C)C)cc3c(-c3cc(C)cc4c3Cc3ccccc3-4)n2)cc1. The highest BCUT2D eigenvalue weighted by molar-refractivity contribution is 6.00. The molecule has 0 bridgehead atoms. The van der Waals surface area contributed by atoms with E-state index in [-0.39, 0.29) is 0 Å². The Kier molecular flexibility index (Phi) is 4.88. The van der Waals surface area contributed by atoms with Gasteiger partial charge in [-0.15, -0.1) is 0 Å². The van der Waals surface area contributed by atoms with E-state index in [1.165, 1.54) is 55.3 Å². The van der Waals surface area contributed by atoms with Crippen LogP contribution in [-0.2, 0) is 6.42 Å². The normalized spacial score (nSPS) is 12.3. The Morgan fingerprint density at radius 2 is 1.47 bits per heavy atom. The maximum atomic E-state index is 5.35. The zero-order valence-electron chi connectivity index (χ0n) is 20.3. The van der Waals surface area contributed by atoms with Crippen molar-refractivity contribution >= 4 is 10.8 Å². The van der Waals surface area contributed by atoms with E-state index in [9.17, 15) is 0 Å². The molecule has 0 saturated heterocycles. The lowest BCUT2D eigenvalue weighted by Gasteiger charge is -2.16. The second kappa shape index (κ2) is 7.95. The van der Waals surface area contributed by atoms with Gasteiger partial charge in [0, 0.05) is 16.5 Å². The standard InChI is InChI=1S/C33H29N/c1-20(2)24-13-14-26-19-32(23-11-9-21(3)10-12-23)34-33(28(26)17-24)31-16-22(4)15-29-27-8-6-5-7-25(27)18-30(29)31/h5-17,19-20H,18H2,1-4H3. The monoisotopic (exact) mass is 439 g/mol. The Bertz CT molecular complexity index is 1550. The first-order valence-corrected chi connectivity index (χ1v) is 12.2. The maximum absolute atomic E-state index is 5.35. The molecule has 1 aliphatic carbocycles. The van der Waals surface area contributed by atoms with Gasteiger partial charge in [0.15, 0.2) is 0 Å². The van der Waals surface area contributed by atoms with Crippen LogP contribution < -0.4 is 0 Å². The minimum Gasteiger partial charge on any atom is -0.247 e. The number of benzene rings is 4. The van der Waals surface area contributed by atoms with Gasteiger partial charge < -0.3 is 0 Å². The summed E-state index contributed by atoms with van der Waals surface area (Å²) in [5.74, 6) is 0.474. The van der Waals surface area contributed by atoms with Crippen molar-refractivity contribution in [2.24, 2.45) is 0 Å². The molecule has 1 nitrogen and oxygen atoms in total. The van der Waals surface area contributed by atoms with E-state index in [1.807, 2.05) is 0 Å². The van der Waals surface area contributed by atoms with Gasteiger partial charge in [0.1, 0.15) is 0 Å². The van der Waals surface area contributed by atoms with Gasteiger partial charge in [-0.25, -0.2) is 4.98 Å². The van der Waals surface area contributed by atoms with Crippen LogP contribution in [0.1, 0.15) is 47.6 Å². The second-order valence-electron chi connectivity index (χ2n) is 10.0. The number of pyridine rings is 1. The molecule has 1 aliphatic rings. The summed E-state index contributed by atoms with van der Waals surface area (Å²) >= 11 is 0. The lowest BCUT2D eigenvalue weighted by molar-refractivity contribution is 0.869. The second-order valence-corrected chi connectivity index (χ2v) is 10.0. The highest BCUT2D eigenvalue weighted by Crippen LogP contribution is 2.44. The molecule has 0 saturated carbocycles. The largest absolute Gasteiger partial charge is 0.247 e. The van der Waals surface area contributed by atoms with E-state index < -0.39 is 0 Å². The van der Waals surface area contributed by atoms with Gasteiger partial charge in [-0.05, 0) is 83.2 Å². The van der Waals surface area contributed by atoms with Gasteiger partial charge in [-0.3, -0.25) is 0 Å². The summed E-state index contributed by atoms with van der Waals surface area (Å²) in [6, 6.07) is 31.4. The fraction of sp³-hybridized carbons (Fsp3) is 0.182. The van der Waals surface area contributed by atoms with Crippen LogP contribution in [0.15, 0.2) is 84.9 Å². The molecule has 0 radical (unpaired) electrons. The van der Waals surface area contributed by atoms with Crippen LogP contribution in [-0.4, -0.2) is 4.98 Å². The topological polar surface area (TPSA) is 12.9 Å². The third-order valence-corrected chi connectivity index (χ3v) is 7.20. The molecule has 0 aliphatic heterocycles. The van der Waals surface area contributed by atoms with Gasteiger partial charge in [-0.2, -0.15) is 0 Å². The lowest BCUT2D eigenvalue weighted by atomic mass is 9.91. The maximum Gasteiger partial charge on any atom is 0.0791 e. The summed E-state index contributed by atoms with van der Waals surface area (Å²) < 4.78 is 0. The van der Waals surface area contributed by atoms with Crippen molar-refractivity contribution in [1.29, 1.82) is 0 Å². The first-order valence-electron chi connectivity index (χ1n) is 12.2. The van der Waals surface area contributed by atoms with Crippen molar-refractivity contribution in [2.45, 2.75) is 40.0 Å². The van der Waals surface area contributed by atoms with E-state index >= 15 is 0 Å². The zero-order chi connectivity index (χ0) is 23.4. The summed E-state index contributed by atoms with van der Waals surface area (Å²) in [7, 11) is 0. The first-order chi connectivity index (χ1) is 16.5. The molecule has 166 valence electrons. The highest BCUT2D eigenvalue weighted by atomic mass is 14.7. The van der Waals surface area contributed by atoms with E-state index in [4.69, 9.17) is 4.98 Å². The first kappa shape index (κ1) is 20.9. The van der Waals surface area contributed by atoms with Crippen LogP contribution >= 0.6 is 0 Å². The van der Waals surface area contributed by atoms with Crippen molar-refractivity contribution in [1.82, 2.24) is 4.98 Å². The van der Waals surface area contributed by atoms with Crippen LogP contribution in [0.2, 0.25) is 0 Å². The highest BCUT2D eigenvalue weighted by Gasteiger charge is 2.24. The molecular formula is C33H29N. The number of fused-ring (bicyclic) bond motifs is 4. The molecule has 0 fully saturated rings. The molecule has 0 spiro atoms. The number of aromatic nitrogens is 1. The molecular weight excluding hydrogens is 410 g/mol. The van der Waals surface area contributed by atoms with Gasteiger partial charge in [-0.1, -0.05) is 86.1 Å². The zero-order valence-corrected chi connectivity index (χ0v) is 20.3. The van der Waals surface area contributed by atoms with E-state index in [2.05, 4.69) is 113 Å². The predicted octanol–water partition coefficient (Wildman–Crippen LogP) is 8.88. The third-order valence-electron chi connectivity index (χ3n) is 7.20. The molecule has 4 aromatic carbocycles. The Balaban J connectivity index is 1.66. The molecule has 0 atom stereocenters. The minimum absolute atomic E-state index is 0.474.